The maximum Gasteiger partial charge on any atom is 0.497 e. The molecule has 0 amide bonds. The molecule has 22 heteroatoms. The van der Waals surface area contributed by atoms with Gasteiger partial charge in [-0.25, -0.2) is 44.7 Å². The lowest BCUT2D eigenvalue weighted by Gasteiger charge is -2.32. The van der Waals surface area contributed by atoms with Crippen LogP contribution in [0.4, 0.5) is 0 Å². The summed E-state index contributed by atoms with van der Waals surface area (Å²) in [6.45, 7) is 27.8. The summed E-state index contributed by atoms with van der Waals surface area (Å²) in [7, 11) is -9.17. The van der Waals surface area contributed by atoms with Crippen LogP contribution >= 0.6 is 15.9 Å². The topological polar surface area (TPSA) is 185 Å². The van der Waals surface area contributed by atoms with Crippen molar-refractivity contribution in [1.29, 1.82) is 0 Å². The number of hydrogen-bond donors (Lipinski definition) is 0. The van der Waals surface area contributed by atoms with E-state index in [4.69, 9.17) is 27.9 Å². The van der Waals surface area contributed by atoms with Crippen LogP contribution in [-0.2, 0) is 48.0 Å². The van der Waals surface area contributed by atoms with E-state index < -0.39 is 52.4 Å². The van der Waals surface area contributed by atoms with Crippen LogP contribution in [0.15, 0.2) is 100 Å². The molecule has 0 radical (unpaired) electrons. The van der Waals surface area contributed by atoms with Gasteiger partial charge in [-0.05, 0) is 137 Å². The van der Waals surface area contributed by atoms with Gasteiger partial charge in [-0.2, -0.15) is 0 Å². The van der Waals surface area contributed by atoms with E-state index in [2.05, 4.69) is 35.9 Å². The molecule has 0 spiro atoms. The van der Waals surface area contributed by atoms with E-state index in [1.807, 2.05) is 96.9 Å². The molecule has 4 aromatic heterocycles. The molecule has 9 rings (SSSR count). The van der Waals surface area contributed by atoms with Crippen molar-refractivity contribution >= 4 is 84.6 Å². The maximum atomic E-state index is 13.3. The minimum Gasteiger partial charge on any atom is -0.405 e. The molecule has 350 valence electrons. The minimum atomic E-state index is -3.83. The van der Waals surface area contributed by atoms with Gasteiger partial charge in [-0.15, -0.1) is 0 Å². The van der Waals surface area contributed by atoms with Crippen molar-refractivity contribution in [3.8, 4) is 0 Å². The zero-order valence-electron chi connectivity index (χ0n) is 39.8. The Hall–Kier alpha value is -3.99. The molecule has 0 unspecified atom stereocenters. The summed E-state index contributed by atoms with van der Waals surface area (Å²) >= 11 is 3.33. The summed E-state index contributed by atoms with van der Waals surface area (Å²) in [6.07, 6.45) is 8.84. The molecule has 6 aromatic rings. The van der Waals surface area contributed by atoms with E-state index in [0.29, 0.717) is 32.0 Å². The summed E-state index contributed by atoms with van der Waals surface area (Å²) in [5.74, 6) is 0. The van der Waals surface area contributed by atoms with Crippen LogP contribution in [0.2, 0.25) is 0 Å². The van der Waals surface area contributed by atoms with E-state index >= 15 is 0 Å². The normalized spacial score (nSPS) is 20.3. The molecule has 0 atom stereocenters. The maximum absolute atomic E-state index is 13.3. The molecule has 66 heavy (non-hydrogen) atoms. The predicted molar refractivity (Wildman–Crippen MR) is 258 cm³/mol. The summed E-state index contributed by atoms with van der Waals surface area (Å²) in [5, 5.41) is 1.24. The molecule has 0 saturated carbocycles. The Morgan fingerprint density at radius 1 is 0.500 bits per heavy atom. The summed E-state index contributed by atoms with van der Waals surface area (Å²) in [6, 6.07) is 13.4. The number of nitrogens with zero attached hydrogens (tertiary/aromatic N) is 6. The Morgan fingerprint density at radius 2 is 0.833 bits per heavy atom. The van der Waals surface area contributed by atoms with Gasteiger partial charge in [0.25, 0.3) is 20.0 Å². The first-order valence-corrected chi connectivity index (χ1v) is 25.1. The fraction of sp³-hybridized carbons (Fsp3) is 0.455. The Kier molecular flexibility index (Phi) is 13.0. The smallest absolute Gasteiger partial charge is 0.405 e. The average Bonchev–Trinajstić information content (AvgIpc) is 3.96. The van der Waals surface area contributed by atoms with Gasteiger partial charge in [-0.1, -0.05) is 35.4 Å². The molecule has 3 fully saturated rings. The first-order chi connectivity index (χ1) is 30.4. The molecule has 2 aromatic carbocycles. The monoisotopic (exact) mass is 1000 g/mol. The third-order valence-electron chi connectivity index (χ3n) is 13.3. The molecule has 3 aliphatic rings. The summed E-state index contributed by atoms with van der Waals surface area (Å²) in [5.41, 5.74) is 0.694. The number of halogens is 1. The van der Waals surface area contributed by atoms with Gasteiger partial charge in [0.15, 0.2) is 11.3 Å². The molecule has 0 bridgehead atoms. The molecular formula is C44H56B3BrN6O10S2. The van der Waals surface area contributed by atoms with Crippen LogP contribution in [0.25, 0.3) is 22.1 Å². The van der Waals surface area contributed by atoms with Gasteiger partial charge < -0.3 is 27.9 Å². The lowest BCUT2D eigenvalue weighted by Crippen LogP contribution is -2.41. The van der Waals surface area contributed by atoms with Crippen molar-refractivity contribution in [3.63, 3.8) is 0 Å². The fourth-order valence-corrected chi connectivity index (χ4v) is 10.3. The van der Waals surface area contributed by atoms with E-state index in [9.17, 15) is 16.8 Å². The average molecular weight is 1010 g/mol. The van der Waals surface area contributed by atoms with E-state index in [0.717, 1.165) is 11.1 Å². The second kappa shape index (κ2) is 17.2. The van der Waals surface area contributed by atoms with E-state index in [-0.39, 0.29) is 32.2 Å². The molecule has 0 N–H and O–H groups in total. The molecule has 3 saturated heterocycles. The zero-order valence-corrected chi connectivity index (χ0v) is 43.0. The first kappa shape index (κ1) is 49.9. The Morgan fingerprint density at radius 3 is 1.23 bits per heavy atom. The van der Waals surface area contributed by atoms with Gasteiger partial charge in [0, 0.05) is 40.1 Å². The number of benzene rings is 2. The highest BCUT2D eigenvalue weighted by atomic mass is 79.9. The standard InChI is InChI=1S/C19H22BN3O4S.C13H10BrN3O2S.C12H24B2O4/c1-13-6-8-14(9-7-13)28(24,25)23-11-16(15-10-21-12-22-17(15)23)20-26-18(2,3)19(4,5)27-20;1-9-2-4-10(5-3-9)20(18,19)17-7-12(14)11-6-15-8-16-13(11)17;1-9(2)10(3,4)16-13(15-9)14-17-11(5,6)12(7,8)18-14/h6-12H,1-5H3;2-8H,1H3;1-8H3. The second-order valence-electron chi connectivity index (χ2n) is 19.6. The van der Waals surface area contributed by atoms with Crippen molar-refractivity contribution in [1.82, 2.24) is 27.9 Å². The van der Waals surface area contributed by atoms with Gasteiger partial charge in [0.1, 0.15) is 12.7 Å². The van der Waals surface area contributed by atoms with Gasteiger partial charge >= 0.3 is 21.1 Å². The Balaban J connectivity index is 0.000000152. The van der Waals surface area contributed by atoms with Gasteiger partial charge in [0.05, 0.1) is 48.8 Å². The number of aromatic nitrogens is 6. The van der Waals surface area contributed by atoms with E-state index in [1.165, 1.54) is 33.0 Å². The van der Waals surface area contributed by atoms with Crippen LogP contribution in [0, 0.1) is 13.8 Å². The van der Waals surface area contributed by atoms with Gasteiger partial charge in [-0.3, -0.25) is 0 Å². The number of aryl methyl sites for hydroxylation is 2. The highest BCUT2D eigenvalue weighted by Gasteiger charge is 2.63. The van der Waals surface area contributed by atoms with E-state index in [1.54, 1.807) is 60.9 Å². The molecular weight excluding hydrogens is 949 g/mol. The fourth-order valence-electron chi connectivity index (χ4n) is 7.03. The van der Waals surface area contributed by atoms with Gasteiger partial charge in [0.2, 0.25) is 0 Å². The van der Waals surface area contributed by atoms with Crippen LogP contribution in [0.1, 0.15) is 94.2 Å². The Labute approximate surface area is 397 Å². The number of fused-ring (bicyclic) bond motifs is 2. The lowest BCUT2D eigenvalue weighted by atomic mass is 9.49. The lowest BCUT2D eigenvalue weighted by molar-refractivity contribution is 0.00578. The largest absolute Gasteiger partial charge is 0.497 e. The minimum absolute atomic E-state index is 0.189. The highest BCUT2D eigenvalue weighted by molar-refractivity contribution is 9.10. The summed E-state index contributed by atoms with van der Waals surface area (Å²) < 4.78 is 90.9. The number of rotatable bonds is 6. The van der Waals surface area contributed by atoms with Crippen molar-refractivity contribution in [3.05, 3.63) is 102 Å². The van der Waals surface area contributed by atoms with Crippen molar-refractivity contribution < 1.29 is 44.8 Å². The SMILES string of the molecule is CC1(C)OB(B2OC(C)(C)C(C)(C)O2)OC1(C)C.Cc1ccc(S(=O)(=O)n2cc(B3OC(C)(C)C(C)(C)O3)c3cncnc32)cc1.Cc1ccc(S(=O)(=O)n2cc(Br)c3cncnc32)cc1. The summed E-state index contributed by atoms with van der Waals surface area (Å²) in [4.78, 5) is 16.7. The molecule has 3 aliphatic heterocycles. The van der Waals surface area contributed by atoms with Crippen molar-refractivity contribution in [2.75, 3.05) is 0 Å². The highest BCUT2D eigenvalue weighted by Crippen LogP contribution is 2.43. The van der Waals surface area contributed by atoms with Crippen LogP contribution < -0.4 is 5.46 Å². The van der Waals surface area contributed by atoms with Crippen molar-refractivity contribution in [2.24, 2.45) is 0 Å². The van der Waals surface area contributed by atoms with Crippen molar-refractivity contribution in [2.45, 2.75) is 140 Å². The molecule has 7 heterocycles. The quantitative estimate of drug-likeness (QED) is 0.152. The third-order valence-corrected chi connectivity index (χ3v) is 17.2. The molecule has 0 aliphatic carbocycles. The Bertz CT molecular complexity index is 2920. The zero-order chi connectivity index (χ0) is 48.6. The van der Waals surface area contributed by atoms with Crippen LogP contribution in [0.3, 0.4) is 0 Å². The van der Waals surface area contributed by atoms with Crippen LogP contribution in [-0.4, -0.2) is 99.5 Å². The molecule has 16 nitrogen and oxygen atoms in total. The predicted octanol–water partition coefficient (Wildman–Crippen LogP) is 7.26. The first-order valence-electron chi connectivity index (χ1n) is 21.4. The third kappa shape index (κ3) is 9.17. The van der Waals surface area contributed by atoms with Crippen LogP contribution in [0.5, 0.6) is 0 Å². The number of hydrogen-bond acceptors (Lipinski definition) is 14. The second-order valence-corrected chi connectivity index (χ2v) is 24.1.